The fraction of sp³-hybridized carbons (Fsp3) is 0.432. The van der Waals surface area contributed by atoms with Gasteiger partial charge in [-0.05, 0) is 99.2 Å². The smallest absolute Gasteiger partial charge is 0.324 e. The van der Waals surface area contributed by atoms with E-state index in [9.17, 15) is 19.4 Å². The van der Waals surface area contributed by atoms with Crippen LogP contribution in [0.15, 0.2) is 66.7 Å². The number of nitrogens with zero attached hydrogens (tertiary/aromatic N) is 3. The van der Waals surface area contributed by atoms with Crippen molar-refractivity contribution in [1.29, 1.82) is 5.26 Å². The maximum Gasteiger partial charge on any atom is 0.324 e. The molecule has 4 atom stereocenters. The molecule has 9 nitrogen and oxygen atoms in total. The highest BCUT2D eigenvalue weighted by molar-refractivity contribution is 7.90. The third-order valence-electron chi connectivity index (χ3n) is 9.29. The van der Waals surface area contributed by atoms with Gasteiger partial charge in [0.05, 0.1) is 23.4 Å². The minimum atomic E-state index is -1.56. The first-order chi connectivity index (χ1) is 23.2. The van der Waals surface area contributed by atoms with Crippen LogP contribution in [0.5, 0.6) is 0 Å². The van der Waals surface area contributed by atoms with Gasteiger partial charge >= 0.3 is 6.03 Å². The van der Waals surface area contributed by atoms with E-state index >= 15 is 4.39 Å². The molecule has 0 radical (unpaired) electrons. The van der Waals surface area contributed by atoms with Crippen LogP contribution < -0.4 is 14.9 Å². The highest BCUT2D eigenvalue weighted by Crippen LogP contribution is 2.43. The quantitative estimate of drug-likeness (QED) is 0.205. The number of urea groups is 1. The summed E-state index contributed by atoms with van der Waals surface area (Å²) in [6.45, 7) is 5.79. The van der Waals surface area contributed by atoms with E-state index in [-0.39, 0.29) is 18.7 Å². The van der Waals surface area contributed by atoms with E-state index in [1.165, 1.54) is 23.0 Å². The summed E-state index contributed by atoms with van der Waals surface area (Å²) in [6, 6.07) is 19.3. The number of hydrogen-bond donors (Lipinski definition) is 2. The van der Waals surface area contributed by atoms with Crippen LogP contribution in [-0.4, -0.2) is 59.0 Å². The zero-order valence-corrected chi connectivity index (χ0v) is 30.0. The normalized spacial score (nSPS) is 19.5. The van der Waals surface area contributed by atoms with Crippen LogP contribution in [0.25, 0.3) is 0 Å². The monoisotopic (exact) mass is 707 g/mol. The number of carbonyl (C=O) groups excluding carboxylic acids is 2. The van der Waals surface area contributed by atoms with Crippen molar-refractivity contribution in [3.63, 3.8) is 0 Å². The molecule has 49 heavy (non-hydrogen) atoms. The third kappa shape index (κ3) is 8.39. The average molecular weight is 708 g/mol. The summed E-state index contributed by atoms with van der Waals surface area (Å²) < 4.78 is 37.7. The second-order valence-corrected chi connectivity index (χ2v) is 16.2. The molecule has 1 aliphatic carbocycles. The van der Waals surface area contributed by atoms with Crippen molar-refractivity contribution in [3.8, 4) is 6.07 Å². The molecule has 3 aromatic rings. The van der Waals surface area contributed by atoms with Crippen molar-refractivity contribution in [1.82, 2.24) is 9.62 Å². The molecule has 2 aliphatic rings. The van der Waals surface area contributed by atoms with Crippen molar-refractivity contribution in [3.05, 3.63) is 94.3 Å². The lowest BCUT2D eigenvalue weighted by Gasteiger charge is -2.39. The van der Waals surface area contributed by atoms with Gasteiger partial charge in [-0.15, -0.1) is 4.72 Å². The Bertz CT molecular complexity index is 1710. The van der Waals surface area contributed by atoms with Crippen molar-refractivity contribution in [2.75, 3.05) is 30.9 Å². The van der Waals surface area contributed by atoms with Crippen LogP contribution in [0.3, 0.4) is 0 Å². The lowest BCUT2D eigenvalue weighted by Crippen LogP contribution is -2.52. The molecule has 1 aliphatic heterocycles. The van der Waals surface area contributed by atoms with Gasteiger partial charge in [0.1, 0.15) is 22.1 Å². The molecule has 2 unspecified atom stereocenters. The number of nitrogens with one attached hydrogen (secondary N) is 2. The lowest BCUT2D eigenvalue weighted by molar-refractivity contribution is -0.119. The molecule has 260 valence electrons. The predicted octanol–water partition coefficient (Wildman–Crippen LogP) is 7.12. The maximum absolute atomic E-state index is 15.6. The zero-order chi connectivity index (χ0) is 35.5. The molecular weight excluding hydrogens is 665 g/mol. The van der Waals surface area contributed by atoms with Crippen LogP contribution in [0.4, 0.5) is 20.6 Å². The minimum Gasteiger partial charge on any atom is -0.598 e. The second kappa shape index (κ2) is 15.1. The first-order valence-electron chi connectivity index (χ1n) is 16.4. The highest BCUT2D eigenvalue weighted by atomic mass is 35.5. The van der Waals surface area contributed by atoms with Gasteiger partial charge in [-0.1, -0.05) is 42.6 Å². The van der Waals surface area contributed by atoms with Crippen molar-refractivity contribution >= 4 is 46.3 Å². The SMILES string of the molecule is CO[C@@H]1C[C@H](C(=O)Nc2cc(C(CCC3CC3)(N[S+]([O-])C(C)(C)C)c3cccc(C#N)c3)ccc2F)N(C(=O)N(C)c2ccc(Cl)cc2)C1. The van der Waals surface area contributed by atoms with Gasteiger partial charge in [-0.25, -0.2) is 9.18 Å². The fourth-order valence-corrected chi connectivity index (χ4v) is 7.20. The third-order valence-corrected chi connectivity index (χ3v) is 11.2. The first kappa shape index (κ1) is 36.6. The molecule has 2 fully saturated rings. The Morgan fingerprint density at radius 1 is 1.12 bits per heavy atom. The van der Waals surface area contributed by atoms with Gasteiger partial charge in [0.15, 0.2) is 0 Å². The summed E-state index contributed by atoms with van der Waals surface area (Å²) in [6.07, 6.45) is 3.39. The number of methoxy groups -OCH3 is 1. The van der Waals surface area contributed by atoms with Crippen LogP contribution in [0.1, 0.15) is 69.6 Å². The Morgan fingerprint density at radius 3 is 2.45 bits per heavy atom. The molecule has 0 aromatic heterocycles. The van der Waals surface area contributed by atoms with Gasteiger partial charge in [0, 0.05) is 49.2 Å². The standard InChI is InChI=1S/C37H43ClFN5O4S/c1-36(2,3)49(47)42-37(18-17-24-9-10-24,26-8-6-7-25(19-26)22-40)27-11-16-31(39)32(20-27)41-34(45)33-21-30(48-5)23-44(33)35(46)43(4)29-14-12-28(38)13-15-29/h6-8,11-16,19-20,24,30,33,42H,9-10,17-18,21,23H2,1-5H3,(H,41,45)/t30-,33-,37?,49?/m1/s1. The van der Waals surface area contributed by atoms with E-state index in [0.29, 0.717) is 34.2 Å². The van der Waals surface area contributed by atoms with Crippen LogP contribution in [-0.2, 0) is 26.4 Å². The summed E-state index contributed by atoms with van der Waals surface area (Å²) in [7, 11) is 3.14. The molecule has 12 heteroatoms. The Kier molecular flexibility index (Phi) is 11.3. The summed E-state index contributed by atoms with van der Waals surface area (Å²) in [5.41, 5.74) is 1.20. The Hall–Kier alpha value is -3.66. The number of nitriles is 1. The van der Waals surface area contributed by atoms with E-state index in [0.717, 1.165) is 24.8 Å². The van der Waals surface area contributed by atoms with Crippen molar-refractivity contribution in [2.24, 2.45) is 5.92 Å². The molecule has 0 spiro atoms. The molecule has 3 amide bonds. The van der Waals surface area contributed by atoms with E-state index in [1.54, 1.807) is 61.6 Å². The number of ether oxygens (including phenoxy) is 1. The Labute approximate surface area is 296 Å². The summed E-state index contributed by atoms with van der Waals surface area (Å²) in [5, 5.41) is 13.0. The molecule has 0 bridgehead atoms. The Balaban J connectivity index is 1.50. The highest BCUT2D eigenvalue weighted by Gasteiger charge is 2.45. The summed E-state index contributed by atoms with van der Waals surface area (Å²) >= 11 is 4.48. The number of hydrogen-bond acceptors (Lipinski definition) is 6. The molecule has 3 aromatic carbocycles. The maximum atomic E-state index is 15.6. The fourth-order valence-electron chi connectivity index (χ4n) is 6.12. The minimum absolute atomic E-state index is 0.0719. The average Bonchev–Trinajstić information content (AvgIpc) is 3.82. The lowest BCUT2D eigenvalue weighted by atomic mass is 9.79. The number of benzene rings is 3. The van der Waals surface area contributed by atoms with Gasteiger partial charge in [-0.2, -0.15) is 5.26 Å². The largest absolute Gasteiger partial charge is 0.598 e. The molecule has 1 saturated carbocycles. The predicted molar refractivity (Wildman–Crippen MR) is 191 cm³/mol. The summed E-state index contributed by atoms with van der Waals surface area (Å²) in [5.74, 6) is -0.697. The van der Waals surface area contributed by atoms with Gasteiger partial charge in [0.25, 0.3) is 0 Å². The topological polar surface area (TPSA) is 121 Å². The summed E-state index contributed by atoms with van der Waals surface area (Å²) in [4.78, 5) is 30.5. The van der Waals surface area contributed by atoms with Crippen molar-refractivity contribution in [2.45, 2.75) is 75.3 Å². The molecule has 2 N–H and O–H groups in total. The van der Waals surface area contributed by atoms with Crippen molar-refractivity contribution < 1.29 is 23.3 Å². The van der Waals surface area contributed by atoms with E-state index in [2.05, 4.69) is 16.1 Å². The van der Waals surface area contributed by atoms with Gasteiger partial charge in [-0.3, -0.25) is 9.69 Å². The molecule has 5 rings (SSSR count). The van der Waals surface area contributed by atoms with E-state index in [1.807, 2.05) is 26.8 Å². The number of carbonyl (C=O) groups is 2. The van der Waals surface area contributed by atoms with E-state index < -0.39 is 51.5 Å². The van der Waals surface area contributed by atoms with Gasteiger partial charge in [0.2, 0.25) is 5.91 Å². The number of anilines is 2. The van der Waals surface area contributed by atoms with Crippen LogP contribution in [0, 0.1) is 23.1 Å². The Morgan fingerprint density at radius 2 is 1.82 bits per heavy atom. The number of rotatable bonds is 11. The van der Waals surface area contributed by atoms with Crippen LogP contribution in [0.2, 0.25) is 5.02 Å². The molecular formula is C37H43ClFN5O4S. The number of likely N-dealkylation sites (tertiary alicyclic amines) is 1. The van der Waals surface area contributed by atoms with Crippen LogP contribution >= 0.6 is 11.6 Å². The molecule has 1 heterocycles. The number of halogens is 2. The number of amides is 3. The first-order valence-corrected chi connectivity index (χ1v) is 17.9. The van der Waals surface area contributed by atoms with Gasteiger partial charge < -0.3 is 19.5 Å². The van der Waals surface area contributed by atoms with E-state index in [4.69, 9.17) is 16.3 Å². The molecule has 1 saturated heterocycles. The zero-order valence-electron chi connectivity index (χ0n) is 28.5. The second-order valence-electron chi connectivity index (χ2n) is 13.8.